The summed E-state index contributed by atoms with van der Waals surface area (Å²) >= 11 is 0. The number of nitrogens with one attached hydrogen (secondary N) is 4. The average Bonchev–Trinajstić information content (AvgIpc) is 3.07. The lowest BCUT2D eigenvalue weighted by atomic mass is 10.1. The largest absolute Gasteiger partial charge is 0.507 e. The normalized spacial score (nSPS) is 11.6. The molecule has 6 aromatic rings. The van der Waals surface area contributed by atoms with Gasteiger partial charge in [0.25, 0.3) is 32.1 Å². The molecule has 0 fully saturated rings. The van der Waals surface area contributed by atoms with Gasteiger partial charge < -0.3 is 31.5 Å². The van der Waals surface area contributed by atoms with E-state index in [4.69, 9.17) is 0 Å². The van der Waals surface area contributed by atoms with Crippen molar-refractivity contribution in [2.45, 2.75) is 9.79 Å². The minimum absolute atomic E-state index is 0.235. The lowest BCUT2D eigenvalue weighted by molar-refractivity contribution is 0.101. The number of amides is 4. The number of phenols is 2. The average molecular weight is 743 g/mol. The molecule has 0 atom stereocenters. The van der Waals surface area contributed by atoms with Crippen LogP contribution in [0.3, 0.4) is 0 Å². The highest BCUT2D eigenvalue weighted by Gasteiger charge is 2.16. The van der Waals surface area contributed by atoms with Gasteiger partial charge in [-0.2, -0.15) is 16.8 Å². The van der Waals surface area contributed by atoms with Gasteiger partial charge >= 0.3 is 6.03 Å². The molecule has 52 heavy (non-hydrogen) atoms. The molecule has 6 rings (SSSR count). The number of fused-ring (bicyclic) bond motifs is 2. The molecule has 0 aliphatic carbocycles. The zero-order chi connectivity index (χ0) is 37.4. The van der Waals surface area contributed by atoms with Gasteiger partial charge in [0.2, 0.25) is 0 Å². The van der Waals surface area contributed by atoms with Crippen LogP contribution in [0.5, 0.6) is 11.5 Å². The first-order valence-electron chi connectivity index (χ1n) is 14.9. The molecule has 0 unspecified atom stereocenters. The van der Waals surface area contributed by atoms with Crippen molar-refractivity contribution in [1.82, 2.24) is 0 Å². The number of benzene rings is 6. The van der Waals surface area contributed by atoms with Crippen molar-refractivity contribution >= 4 is 82.4 Å². The van der Waals surface area contributed by atoms with Gasteiger partial charge in [0, 0.05) is 56.8 Å². The van der Waals surface area contributed by atoms with E-state index in [0.717, 1.165) is 24.3 Å². The van der Waals surface area contributed by atoms with Crippen molar-refractivity contribution in [3.05, 3.63) is 120 Å². The number of hydrogen-bond acceptors (Lipinski definition) is 9. The van der Waals surface area contributed by atoms with E-state index in [1.54, 1.807) is 0 Å². The third-order valence-corrected chi connectivity index (χ3v) is 9.39. The Balaban J connectivity index is 1.04. The van der Waals surface area contributed by atoms with E-state index >= 15 is 0 Å². The maximum absolute atomic E-state index is 12.8. The molecule has 0 spiro atoms. The highest BCUT2D eigenvalue weighted by Crippen LogP contribution is 2.32. The van der Waals surface area contributed by atoms with Crippen LogP contribution < -0.4 is 21.3 Å². The second-order valence-corrected chi connectivity index (χ2v) is 14.2. The van der Waals surface area contributed by atoms with Gasteiger partial charge in [-0.05, 0) is 108 Å². The van der Waals surface area contributed by atoms with Crippen LogP contribution in [0, 0.1) is 0 Å². The Morgan fingerprint density at radius 3 is 1.13 bits per heavy atom. The molecule has 0 bridgehead atoms. The summed E-state index contributed by atoms with van der Waals surface area (Å²) in [6.07, 6.45) is 0. The maximum Gasteiger partial charge on any atom is 0.323 e. The minimum atomic E-state index is -4.57. The summed E-state index contributed by atoms with van der Waals surface area (Å²) in [7, 11) is -9.14. The number of urea groups is 1. The Labute approximate surface area is 295 Å². The predicted molar refractivity (Wildman–Crippen MR) is 192 cm³/mol. The van der Waals surface area contributed by atoms with Crippen LogP contribution in [0.25, 0.3) is 21.5 Å². The van der Waals surface area contributed by atoms with Gasteiger partial charge in [-0.1, -0.05) is 0 Å². The van der Waals surface area contributed by atoms with Crippen LogP contribution in [0.4, 0.5) is 27.5 Å². The van der Waals surface area contributed by atoms with Gasteiger partial charge in [0.15, 0.2) is 0 Å². The Hall–Kier alpha value is -6.53. The monoisotopic (exact) mass is 742 g/mol. The van der Waals surface area contributed by atoms with Crippen LogP contribution in [0.15, 0.2) is 119 Å². The fourth-order valence-electron chi connectivity index (χ4n) is 5.21. The van der Waals surface area contributed by atoms with E-state index in [2.05, 4.69) is 21.3 Å². The molecular formula is C35H26N4O11S2. The van der Waals surface area contributed by atoms with Crippen LogP contribution in [0.1, 0.15) is 20.7 Å². The number of phenolic OH excluding ortho intramolecular Hbond substituents is 2. The first-order chi connectivity index (χ1) is 24.5. The fraction of sp³-hybridized carbons (Fsp3) is 0. The van der Waals surface area contributed by atoms with Gasteiger partial charge in [0.05, 0.1) is 9.79 Å². The van der Waals surface area contributed by atoms with Crippen molar-refractivity contribution in [3.63, 3.8) is 0 Å². The van der Waals surface area contributed by atoms with Crippen LogP contribution >= 0.6 is 0 Å². The molecule has 0 saturated heterocycles. The molecule has 15 nitrogen and oxygen atoms in total. The quantitative estimate of drug-likeness (QED) is 0.0834. The highest BCUT2D eigenvalue weighted by atomic mass is 32.2. The molecular weight excluding hydrogens is 717 g/mol. The molecule has 0 aliphatic rings. The zero-order valence-corrected chi connectivity index (χ0v) is 28.0. The van der Waals surface area contributed by atoms with E-state index in [1.165, 1.54) is 84.9 Å². The Morgan fingerprint density at radius 1 is 0.442 bits per heavy atom. The molecule has 0 heterocycles. The lowest BCUT2D eigenvalue weighted by Crippen LogP contribution is -2.19. The lowest BCUT2D eigenvalue weighted by Gasteiger charge is -2.11. The van der Waals surface area contributed by atoms with Gasteiger partial charge in [-0.25, -0.2) is 4.79 Å². The van der Waals surface area contributed by atoms with Gasteiger partial charge in [-0.15, -0.1) is 0 Å². The topological polar surface area (TPSA) is 249 Å². The number of hydrogen-bond donors (Lipinski definition) is 8. The van der Waals surface area contributed by atoms with Crippen molar-refractivity contribution < 1.29 is 50.5 Å². The summed E-state index contributed by atoms with van der Waals surface area (Å²) in [4.78, 5) is 37.3. The summed E-state index contributed by atoms with van der Waals surface area (Å²) in [5.74, 6) is -1.75. The number of anilines is 4. The molecule has 17 heteroatoms. The molecule has 4 amide bonds. The number of carbonyl (C=O) groups is 3. The van der Waals surface area contributed by atoms with Crippen LogP contribution in [-0.4, -0.2) is 54.0 Å². The smallest absolute Gasteiger partial charge is 0.323 e. The Kier molecular flexibility index (Phi) is 9.26. The summed E-state index contributed by atoms with van der Waals surface area (Å²) in [5, 5.41) is 32.0. The van der Waals surface area contributed by atoms with E-state index in [-0.39, 0.29) is 33.4 Å². The second kappa shape index (κ2) is 13.6. The van der Waals surface area contributed by atoms with E-state index in [9.17, 15) is 50.5 Å². The number of carbonyl (C=O) groups excluding carboxylic acids is 3. The summed E-state index contributed by atoms with van der Waals surface area (Å²) in [6.45, 7) is 0. The third kappa shape index (κ3) is 7.92. The highest BCUT2D eigenvalue weighted by molar-refractivity contribution is 7.86. The van der Waals surface area contributed by atoms with E-state index in [1.807, 2.05) is 0 Å². The molecule has 0 aliphatic heterocycles. The van der Waals surface area contributed by atoms with Gasteiger partial charge in [-0.3, -0.25) is 18.7 Å². The summed E-state index contributed by atoms with van der Waals surface area (Å²) in [6, 6.07) is 24.3. The summed E-state index contributed by atoms with van der Waals surface area (Å²) in [5.41, 5.74) is 1.77. The van der Waals surface area contributed by atoms with Gasteiger partial charge in [0.1, 0.15) is 11.5 Å². The van der Waals surface area contributed by atoms with Crippen molar-refractivity contribution in [2.24, 2.45) is 0 Å². The molecule has 6 aromatic carbocycles. The van der Waals surface area contributed by atoms with Crippen molar-refractivity contribution in [2.75, 3.05) is 21.3 Å². The van der Waals surface area contributed by atoms with Crippen molar-refractivity contribution in [3.8, 4) is 11.5 Å². The first-order valence-corrected chi connectivity index (χ1v) is 17.8. The maximum atomic E-state index is 12.8. The number of rotatable bonds is 8. The predicted octanol–water partition coefficient (Wildman–Crippen LogP) is 6.05. The first kappa shape index (κ1) is 35.3. The standard InChI is InChI=1S/C35H26N4O11S2/c40-31-17-27(51(45,46)47)15-21-13-25(9-11-29(21)31)36-33(42)19-1-5-23(6-2-19)38-35(44)39-24-7-3-20(4-8-24)34(43)37-26-10-12-30-22(14-26)16-28(18-32(30)41)52(48,49)50/h1-18,40-41H,(H,36,42)(H,37,43)(H2,38,39,44)(H,45,46,47)(H,48,49,50). The van der Waals surface area contributed by atoms with Crippen LogP contribution in [0.2, 0.25) is 0 Å². The molecule has 0 aromatic heterocycles. The van der Waals surface area contributed by atoms with E-state index < -0.39 is 47.9 Å². The SMILES string of the molecule is O=C(Nc1ccc(C(=O)Nc2ccc3c(O)cc(S(=O)(=O)O)cc3c2)cc1)Nc1ccc(C(=O)Nc2ccc3c(O)cc(S(=O)(=O)O)cc3c2)cc1. The second-order valence-electron chi connectivity index (χ2n) is 11.3. The molecule has 8 N–H and O–H groups in total. The van der Waals surface area contributed by atoms with E-state index in [0.29, 0.717) is 33.5 Å². The number of aromatic hydroxyl groups is 2. The third-order valence-electron chi connectivity index (χ3n) is 7.73. The minimum Gasteiger partial charge on any atom is -0.507 e. The molecule has 264 valence electrons. The van der Waals surface area contributed by atoms with Crippen molar-refractivity contribution in [1.29, 1.82) is 0 Å². The Morgan fingerprint density at radius 2 is 0.788 bits per heavy atom. The molecule has 0 radical (unpaired) electrons. The summed E-state index contributed by atoms with van der Waals surface area (Å²) < 4.78 is 64.7. The fourth-order valence-corrected chi connectivity index (χ4v) is 6.28. The molecule has 0 saturated carbocycles. The van der Waals surface area contributed by atoms with Crippen LogP contribution in [-0.2, 0) is 20.2 Å². The zero-order valence-electron chi connectivity index (χ0n) is 26.4. The Bertz CT molecular complexity index is 2460.